The Kier molecular flexibility index (Phi) is 7.57. The molecule has 1 fully saturated rings. The molecule has 138 valence electrons. The second-order valence-electron chi connectivity index (χ2n) is 6.45. The average Bonchev–Trinajstić information content (AvgIpc) is 2.65. The van der Waals surface area contributed by atoms with Gasteiger partial charge in [-0.15, -0.1) is 0 Å². The van der Waals surface area contributed by atoms with Crippen molar-refractivity contribution in [1.29, 1.82) is 0 Å². The van der Waals surface area contributed by atoms with Gasteiger partial charge < -0.3 is 20.3 Å². The molecule has 0 saturated carbocycles. The molecule has 2 rings (SSSR count). The molecule has 0 aromatic heterocycles. The molecule has 6 heteroatoms. The highest BCUT2D eigenvalue weighted by molar-refractivity contribution is 5.76. The highest BCUT2D eigenvalue weighted by Gasteiger charge is 2.20. The van der Waals surface area contributed by atoms with Crippen LogP contribution in [-0.4, -0.2) is 50.1 Å². The van der Waals surface area contributed by atoms with Crippen LogP contribution >= 0.6 is 0 Å². The first-order valence-corrected chi connectivity index (χ1v) is 9.05. The fourth-order valence-electron chi connectivity index (χ4n) is 3.06. The van der Waals surface area contributed by atoms with Crippen molar-refractivity contribution >= 4 is 23.3 Å². The molecular weight excluding hydrogens is 318 g/mol. The third kappa shape index (κ3) is 6.29. The summed E-state index contributed by atoms with van der Waals surface area (Å²) >= 11 is 0. The zero-order valence-electron chi connectivity index (χ0n) is 15.1. The van der Waals surface area contributed by atoms with E-state index in [4.69, 9.17) is 5.73 Å². The van der Waals surface area contributed by atoms with Crippen molar-refractivity contribution in [3.8, 4) is 0 Å². The largest absolute Gasteiger partial charge is 0.469 e. The number of amides is 1. The summed E-state index contributed by atoms with van der Waals surface area (Å²) in [5.74, 6) is 0.0833. The molecule has 25 heavy (non-hydrogen) atoms. The van der Waals surface area contributed by atoms with Gasteiger partial charge in [0.25, 0.3) is 0 Å². The van der Waals surface area contributed by atoms with Crippen molar-refractivity contribution in [3.05, 3.63) is 24.3 Å². The Balaban J connectivity index is 1.61. The standard InChI is InChI=1S/C19H29N3O3/c1-25-19(24)7-5-3-2-4-6-18(23)22-14-12-21(13-15-22)17-10-8-16(20)9-11-17/h8-11H,2-7,12-15,20H2,1H3. The summed E-state index contributed by atoms with van der Waals surface area (Å²) in [6.07, 6.45) is 4.73. The maximum Gasteiger partial charge on any atom is 0.305 e. The molecule has 1 heterocycles. The molecular formula is C19H29N3O3. The van der Waals surface area contributed by atoms with Gasteiger partial charge in [-0.1, -0.05) is 12.8 Å². The van der Waals surface area contributed by atoms with Crippen LogP contribution in [0.4, 0.5) is 11.4 Å². The second-order valence-corrected chi connectivity index (χ2v) is 6.45. The lowest BCUT2D eigenvalue weighted by Crippen LogP contribution is -2.48. The van der Waals surface area contributed by atoms with Gasteiger partial charge in [0.05, 0.1) is 7.11 Å². The van der Waals surface area contributed by atoms with Gasteiger partial charge in [-0.3, -0.25) is 9.59 Å². The molecule has 1 aromatic carbocycles. The van der Waals surface area contributed by atoms with Gasteiger partial charge in [0.1, 0.15) is 0 Å². The lowest BCUT2D eigenvalue weighted by molar-refractivity contribution is -0.140. The van der Waals surface area contributed by atoms with Gasteiger partial charge in [-0.2, -0.15) is 0 Å². The van der Waals surface area contributed by atoms with E-state index in [0.717, 1.165) is 63.2 Å². The van der Waals surface area contributed by atoms with E-state index >= 15 is 0 Å². The van der Waals surface area contributed by atoms with Crippen LogP contribution in [-0.2, 0) is 14.3 Å². The molecule has 0 atom stereocenters. The van der Waals surface area contributed by atoms with Crippen molar-refractivity contribution in [2.75, 3.05) is 43.9 Å². The lowest BCUT2D eigenvalue weighted by Gasteiger charge is -2.36. The number of hydrogen-bond acceptors (Lipinski definition) is 5. The fraction of sp³-hybridized carbons (Fsp3) is 0.579. The Morgan fingerprint density at radius 2 is 1.56 bits per heavy atom. The number of carbonyl (C=O) groups is 2. The fourth-order valence-corrected chi connectivity index (χ4v) is 3.06. The van der Waals surface area contributed by atoms with E-state index in [9.17, 15) is 9.59 Å². The first-order valence-electron chi connectivity index (χ1n) is 9.05. The number of esters is 1. The molecule has 0 unspecified atom stereocenters. The predicted molar refractivity (Wildman–Crippen MR) is 99.4 cm³/mol. The number of rotatable bonds is 8. The zero-order chi connectivity index (χ0) is 18.1. The maximum absolute atomic E-state index is 12.3. The van der Waals surface area contributed by atoms with Gasteiger partial charge in [0, 0.05) is 50.4 Å². The molecule has 2 N–H and O–H groups in total. The van der Waals surface area contributed by atoms with Crippen molar-refractivity contribution in [1.82, 2.24) is 4.90 Å². The van der Waals surface area contributed by atoms with E-state index < -0.39 is 0 Å². The quantitative estimate of drug-likeness (QED) is 0.444. The van der Waals surface area contributed by atoms with Crippen LogP contribution < -0.4 is 10.6 Å². The Labute approximate surface area is 149 Å². The van der Waals surface area contributed by atoms with E-state index in [1.165, 1.54) is 7.11 Å². The van der Waals surface area contributed by atoms with Crippen LogP contribution in [0.3, 0.4) is 0 Å². The Morgan fingerprint density at radius 3 is 2.16 bits per heavy atom. The molecule has 1 amide bonds. The summed E-state index contributed by atoms with van der Waals surface area (Å²) < 4.78 is 4.61. The number of piperazine rings is 1. The summed E-state index contributed by atoms with van der Waals surface area (Å²) in [6, 6.07) is 7.88. The Morgan fingerprint density at radius 1 is 0.960 bits per heavy atom. The minimum absolute atomic E-state index is 0.157. The third-order valence-corrected chi connectivity index (χ3v) is 4.64. The molecule has 1 aliphatic rings. The maximum atomic E-state index is 12.3. The van der Waals surface area contributed by atoms with Gasteiger partial charge >= 0.3 is 5.97 Å². The molecule has 0 bridgehead atoms. The number of hydrogen-bond donors (Lipinski definition) is 1. The van der Waals surface area contributed by atoms with Crippen molar-refractivity contribution < 1.29 is 14.3 Å². The zero-order valence-corrected chi connectivity index (χ0v) is 15.1. The van der Waals surface area contributed by atoms with E-state index in [2.05, 4.69) is 9.64 Å². The number of benzene rings is 1. The van der Waals surface area contributed by atoms with Gasteiger partial charge in [0.15, 0.2) is 0 Å². The van der Waals surface area contributed by atoms with Crippen LogP contribution in [0, 0.1) is 0 Å². The van der Waals surface area contributed by atoms with Gasteiger partial charge in [-0.05, 0) is 37.1 Å². The minimum atomic E-state index is -0.157. The molecule has 1 aromatic rings. The van der Waals surface area contributed by atoms with Crippen LogP contribution in [0.5, 0.6) is 0 Å². The Bertz CT molecular complexity index is 552. The Hall–Kier alpha value is -2.24. The molecule has 0 spiro atoms. The van der Waals surface area contributed by atoms with Crippen molar-refractivity contribution in [2.24, 2.45) is 0 Å². The molecule has 0 aliphatic carbocycles. The monoisotopic (exact) mass is 347 g/mol. The van der Waals surface area contributed by atoms with Crippen LogP contribution in [0.1, 0.15) is 38.5 Å². The summed E-state index contributed by atoms with van der Waals surface area (Å²) in [5, 5.41) is 0. The predicted octanol–water partition coefficient (Wildman–Crippen LogP) is 2.43. The van der Waals surface area contributed by atoms with Crippen molar-refractivity contribution in [2.45, 2.75) is 38.5 Å². The molecule has 1 saturated heterocycles. The number of anilines is 2. The van der Waals surface area contributed by atoms with E-state index in [0.29, 0.717) is 12.8 Å². The minimum Gasteiger partial charge on any atom is -0.469 e. The number of unbranched alkanes of at least 4 members (excludes halogenated alkanes) is 3. The summed E-state index contributed by atoms with van der Waals surface area (Å²) in [6.45, 7) is 3.25. The SMILES string of the molecule is COC(=O)CCCCCCC(=O)N1CCN(c2ccc(N)cc2)CC1. The lowest BCUT2D eigenvalue weighted by atomic mass is 10.1. The van der Waals surface area contributed by atoms with Crippen molar-refractivity contribution in [3.63, 3.8) is 0 Å². The summed E-state index contributed by atoms with van der Waals surface area (Å²) in [7, 11) is 1.41. The second kappa shape index (κ2) is 9.91. The number of nitrogens with two attached hydrogens (primary N) is 1. The van der Waals surface area contributed by atoms with Crippen LogP contribution in [0.2, 0.25) is 0 Å². The number of nitrogen functional groups attached to an aromatic ring is 1. The molecule has 0 radical (unpaired) electrons. The van der Waals surface area contributed by atoms with Crippen LogP contribution in [0.15, 0.2) is 24.3 Å². The number of nitrogens with zero attached hydrogens (tertiary/aromatic N) is 2. The first-order chi connectivity index (χ1) is 12.1. The highest BCUT2D eigenvalue weighted by Crippen LogP contribution is 2.18. The number of methoxy groups -OCH3 is 1. The molecule has 6 nitrogen and oxygen atoms in total. The van der Waals surface area contributed by atoms with Gasteiger partial charge in [0.2, 0.25) is 5.91 Å². The number of ether oxygens (including phenoxy) is 1. The van der Waals surface area contributed by atoms with E-state index in [1.54, 1.807) is 0 Å². The summed E-state index contributed by atoms with van der Waals surface area (Å²) in [5.41, 5.74) is 7.65. The topological polar surface area (TPSA) is 75.9 Å². The van der Waals surface area contributed by atoms with E-state index in [1.807, 2.05) is 29.2 Å². The first kappa shape index (κ1) is 19.1. The number of carbonyl (C=O) groups excluding carboxylic acids is 2. The smallest absolute Gasteiger partial charge is 0.305 e. The average molecular weight is 347 g/mol. The summed E-state index contributed by atoms with van der Waals surface area (Å²) in [4.78, 5) is 27.5. The molecule has 1 aliphatic heterocycles. The van der Waals surface area contributed by atoms with Gasteiger partial charge in [-0.25, -0.2) is 0 Å². The third-order valence-electron chi connectivity index (χ3n) is 4.64. The highest BCUT2D eigenvalue weighted by atomic mass is 16.5. The van der Waals surface area contributed by atoms with E-state index in [-0.39, 0.29) is 11.9 Å². The normalized spacial score (nSPS) is 14.4. The van der Waals surface area contributed by atoms with Crippen LogP contribution in [0.25, 0.3) is 0 Å².